The van der Waals surface area contributed by atoms with E-state index in [0.717, 1.165) is 71.7 Å². The number of furan rings is 2. The quantitative estimate of drug-likeness (QED) is 0.185. The van der Waals surface area contributed by atoms with Gasteiger partial charge in [-0.25, -0.2) is 15.0 Å². The number of hydrogen-bond acceptors (Lipinski definition) is 5. The van der Waals surface area contributed by atoms with Gasteiger partial charge in [0.1, 0.15) is 22.3 Å². The molecule has 1 aliphatic rings. The summed E-state index contributed by atoms with van der Waals surface area (Å²) in [6, 6.07) is 52.5. The first kappa shape index (κ1) is 29.8. The molecule has 53 heavy (non-hydrogen) atoms. The van der Waals surface area contributed by atoms with Gasteiger partial charge in [-0.05, 0) is 69.8 Å². The van der Waals surface area contributed by atoms with Crippen molar-refractivity contribution in [1.82, 2.24) is 15.0 Å². The van der Waals surface area contributed by atoms with Gasteiger partial charge in [-0.3, -0.25) is 0 Å². The highest BCUT2D eigenvalue weighted by Gasteiger charge is 2.37. The number of hydrogen-bond donors (Lipinski definition) is 0. The summed E-state index contributed by atoms with van der Waals surface area (Å²) in [5.74, 6) is 1.77. The largest absolute Gasteiger partial charge is 0.456 e. The second-order valence-electron chi connectivity index (χ2n) is 14.4. The smallest absolute Gasteiger partial charge is 0.164 e. The van der Waals surface area contributed by atoms with Crippen LogP contribution in [-0.4, -0.2) is 15.0 Å². The van der Waals surface area contributed by atoms with Gasteiger partial charge in [-0.15, -0.1) is 0 Å². The van der Waals surface area contributed by atoms with E-state index in [-0.39, 0.29) is 5.41 Å². The lowest BCUT2D eigenvalue weighted by atomic mass is 9.82. The Labute approximate surface area is 305 Å². The molecule has 11 rings (SSSR count). The monoisotopic (exact) mass is 681 g/mol. The molecule has 7 aromatic carbocycles. The third-order valence-corrected chi connectivity index (χ3v) is 11.0. The zero-order chi connectivity index (χ0) is 35.3. The van der Waals surface area contributed by atoms with Crippen molar-refractivity contribution in [1.29, 1.82) is 0 Å². The van der Waals surface area contributed by atoms with Crippen LogP contribution in [0.2, 0.25) is 0 Å². The van der Waals surface area contributed by atoms with Crippen molar-refractivity contribution in [2.75, 3.05) is 0 Å². The second-order valence-corrected chi connectivity index (χ2v) is 14.4. The predicted molar refractivity (Wildman–Crippen MR) is 214 cm³/mol. The van der Waals surface area contributed by atoms with Crippen molar-refractivity contribution in [3.8, 4) is 56.4 Å². The maximum atomic E-state index is 6.52. The van der Waals surface area contributed by atoms with Crippen LogP contribution in [-0.2, 0) is 5.41 Å². The van der Waals surface area contributed by atoms with Crippen LogP contribution in [0.15, 0.2) is 160 Å². The molecule has 0 radical (unpaired) electrons. The van der Waals surface area contributed by atoms with Crippen molar-refractivity contribution < 1.29 is 8.83 Å². The van der Waals surface area contributed by atoms with Crippen LogP contribution in [0.5, 0.6) is 0 Å². The van der Waals surface area contributed by atoms with E-state index < -0.39 is 0 Å². The Morgan fingerprint density at radius 1 is 0.396 bits per heavy atom. The fourth-order valence-electron chi connectivity index (χ4n) is 8.38. The van der Waals surface area contributed by atoms with Crippen molar-refractivity contribution in [2.24, 2.45) is 0 Å². The average Bonchev–Trinajstić information content (AvgIpc) is 3.85. The number of aromatic nitrogens is 3. The number of nitrogens with zero attached hydrogens (tertiary/aromatic N) is 3. The topological polar surface area (TPSA) is 65.0 Å². The number of rotatable bonds is 4. The molecule has 3 aromatic heterocycles. The van der Waals surface area contributed by atoms with Gasteiger partial charge >= 0.3 is 0 Å². The van der Waals surface area contributed by atoms with Gasteiger partial charge in [-0.1, -0.05) is 129 Å². The summed E-state index contributed by atoms with van der Waals surface area (Å²) in [5, 5.41) is 4.29. The molecule has 3 heterocycles. The van der Waals surface area contributed by atoms with Crippen LogP contribution in [0, 0.1) is 0 Å². The van der Waals surface area contributed by atoms with Crippen molar-refractivity contribution in [3.63, 3.8) is 0 Å². The summed E-state index contributed by atoms with van der Waals surface area (Å²) in [6.45, 7) is 4.58. The summed E-state index contributed by atoms with van der Waals surface area (Å²) in [7, 11) is 0. The van der Waals surface area contributed by atoms with Gasteiger partial charge in [0, 0.05) is 43.7 Å². The minimum absolute atomic E-state index is 0.155. The zero-order valence-electron chi connectivity index (χ0n) is 29.1. The van der Waals surface area contributed by atoms with E-state index in [2.05, 4.69) is 129 Å². The van der Waals surface area contributed by atoms with Gasteiger partial charge in [0.05, 0.1) is 0 Å². The van der Waals surface area contributed by atoms with Crippen LogP contribution in [0.1, 0.15) is 25.0 Å². The Morgan fingerprint density at radius 2 is 0.962 bits per heavy atom. The Bertz CT molecular complexity index is 3100. The molecule has 0 aliphatic heterocycles. The lowest BCUT2D eigenvalue weighted by molar-refractivity contribution is 0.660. The molecule has 10 aromatic rings. The SMILES string of the molecule is CC1(C)c2ccccc2-c2c(-c3nc(-c4ccc5c(c4)oc4ccccc45)nc(-c4ccc5c(c4)oc4cccc(-c6ccccc6)c45)n3)cccc21. The first-order valence-corrected chi connectivity index (χ1v) is 17.9. The molecule has 250 valence electrons. The summed E-state index contributed by atoms with van der Waals surface area (Å²) in [4.78, 5) is 15.6. The van der Waals surface area contributed by atoms with E-state index in [1.54, 1.807) is 0 Å². The highest BCUT2D eigenvalue weighted by molar-refractivity contribution is 6.13. The molecule has 0 amide bonds. The normalized spacial score (nSPS) is 13.2. The summed E-state index contributed by atoms with van der Waals surface area (Å²) in [6.07, 6.45) is 0. The number of para-hydroxylation sites is 1. The molecule has 0 unspecified atom stereocenters. The van der Waals surface area contributed by atoms with E-state index in [1.807, 2.05) is 36.4 Å². The predicted octanol–water partition coefficient (Wildman–Crippen LogP) is 12.6. The Morgan fingerprint density at radius 3 is 1.79 bits per heavy atom. The van der Waals surface area contributed by atoms with Crippen LogP contribution in [0.3, 0.4) is 0 Å². The summed E-state index contributed by atoms with van der Waals surface area (Å²) >= 11 is 0. The minimum Gasteiger partial charge on any atom is -0.456 e. The van der Waals surface area contributed by atoms with Gasteiger partial charge < -0.3 is 8.83 Å². The van der Waals surface area contributed by atoms with Crippen LogP contribution in [0.4, 0.5) is 0 Å². The van der Waals surface area contributed by atoms with E-state index >= 15 is 0 Å². The zero-order valence-corrected chi connectivity index (χ0v) is 29.1. The molecule has 0 fully saturated rings. The minimum atomic E-state index is -0.155. The lowest BCUT2D eigenvalue weighted by Gasteiger charge is -2.21. The van der Waals surface area contributed by atoms with Gasteiger partial charge in [0.15, 0.2) is 17.5 Å². The van der Waals surface area contributed by atoms with E-state index in [4.69, 9.17) is 23.8 Å². The molecule has 0 N–H and O–H groups in total. The van der Waals surface area contributed by atoms with Crippen LogP contribution in [0.25, 0.3) is 100 Å². The molecule has 0 spiro atoms. The molecule has 5 heteroatoms. The summed E-state index contributed by atoms with van der Waals surface area (Å²) < 4.78 is 12.8. The Kier molecular flexibility index (Phi) is 6.23. The van der Waals surface area contributed by atoms with Crippen LogP contribution < -0.4 is 0 Å². The van der Waals surface area contributed by atoms with Gasteiger partial charge in [-0.2, -0.15) is 0 Å². The van der Waals surface area contributed by atoms with Crippen molar-refractivity contribution in [3.05, 3.63) is 163 Å². The van der Waals surface area contributed by atoms with Gasteiger partial charge in [0.2, 0.25) is 0 Å². The van der Waals surface area contributed by atoms with E-state index in [9.17, 15) is 0 Å². The van der Waals surface area contributed by atoms with Crippen LogP contribution >= 0.6 is 0 Å². The third-order valence-electron chi connectivity index (χ3n) is 11.0. The van der Waals surface area contributed by atoms with Gasteiger partial charge in [0.25, 0.3) is 0 Å². The molecule has 0 bridgehead atoms. The molecule has 0 saturated heterocycles. The molecule has 1 aliphatic carbocycles. The van der Waals surface area contributed by atoms with Crippen molar-refractivity contribution in [2.45, 2.75) is 19.3 Å². The molecule has 0 saturated carbocycles. The third kappa shape index (κ3) is 4.47. The Balaban J connectivity index is 1.13. The maximum absolute atomic E-state index is 6.52. The molecular formula is C48H31N3O2. The Hall–Kier alpha value is -6.85. The fourth-order valence-corrected chi connectivity index (χ4v) is 8.38. The average molecular weight is 682 g/mol. The molecular weight excluding hydrogens is 651 g/mol. The highest BCUT2D eigenvalue weighted by Crippen LogP contribution is 2.51. The molecule has 0 atom stereocenters. The first-order valence-electron chi connectivity index (χ1n) is 17.9. The molecule has 5 nitrogen and oxygen atoms in total. The second kappa shape index (κ2) is 11.1. The van der Waals surface area contributed by atoms with Crippen molar-refractivity contribution >= 4 is 43.9 Å². The number of benzene rings is 7. The number of fused-ring (bicyclic) bond motifs is 9. The van der Waals surface area contributed by atoms with E-state index in [0.29, 0.717) is 17.5 Å². The lowest BCUT2D eigenvalue weighted by Crippen LogP contribution is -2.14. The fraction of sp³-hybridized carbons (Fsp3) is 0.0625. The highest BCUT2D eigenvalue weighted by atomic mass is 16.3. The first-order chi connectivity index (χ1) is 26.0. The standard InChI is InChI=1S/C48H31N3O2/c1-48(2)37-18-8-6-15-34(37)43-36(17-10-19-38(43)48)47-50-45(29-22-24-33-32-14-7-9-20-39(32)52-41(33)26-29)49-46(51-47)30-23-25-35-42(27-30)53-40-21-11-16-31(44(35)40)28-12-4-3-5-13-28/h3-27H,1-2H3. The van der Waals surface area contributed by atoms with E-state index in [1.165, 1.54) is 22.3 Å². The summed E-state index contributed by atoms with van der Waals surface area (Å²) in [5.41, 5.74) is 13.0. The maximum Gasteiger partial charge on any atom is 0.164 e.